The van der Waals surface area contributed by atoms with Crippen LogP contribution in [-0.4, -0.2) is 31.5 Å². The molecule has 7 nitrogen and oxygen atoms in total. The number of carbonyl (C=O) groups excluding carboxylic acids is 1. The van der Waals surface area contributed by atoms with Crippen molar-refractivity contribution in [2.75, 3.05) is 0 Å². The number of hydrogen-bond donors (Lipinski definition) is 2. The van der Waals surface area contributed by atoms with Gasteiger partial charge in [0, 0.05) is 25.0 Å². The highest BCUT2D eigenvalue weighted by atomic mass is 32.2. The van der Waals surface area contributed by atoms with E-state index in [0.29, 0.717) is 5.75 Å². The van der Waals surface area contributed by atoms with Crippen LogP contribution in [0, 0.1) is 0 Å². The van der Waals surface area contributed by atoms with Gasteiger partial charge in [-0.15, -0.1) is 0 Å². The summed E-state index contributed by atoms with van der Waals surface area (Å²) < 4.78 is 33.1. The largest absolute Gasteiger partial charge is 0.481 e. The molecule has 0 radical (unpaired) electrons. The molecule has 2 N–H and O–H groups in total. The molecule has 0 saturated heterocycles. The van der Waals surface area contributed by atoms with Crippen LogP contribution in [0.3, 0.4) is 0 Å². The van der Waals surface area contributed by atoms with Gasteiger partial charge in [0.1, 0.15) is 5.75 Å². The van der Waals surface area contributed by atoms with Gasteiger partial charge in [0.2, 0.25) is 10.0 Å². The Balaban J connectivity index is 1.54. The smallest absolute Gasteiger partial charge is 0.260 e. The van der Waals surface area contributed by atoms with Crippen LogP contribution in [0.15, 0.2) is 53.7 Å². The van der Waals surface area contributed by atoms with Gasteiger partial charge in [-0.1, -0.05) is 19.3 Å². The molecule has 2 aromatic rings. The van der Waals surface area contributed by atoms with Crippen LogP contribution in [0.5, 0.6) is 5.75 Å². The van der Waals surface area contributed by atoms with E-state index in [9.17, 15) is 13.2 Å². The third-order valence-electron chi connectivity index (χ3n) is 4.98. The summed E-state index contributed by atoms with van der Waals surface area (Å²) in [6.45, 7) is 1.88. The predicted octanol–water partition coefficient (Wildman–Crippen LogP) is 2.78. The van der Waals surface area contributed by atoms with Crippen molar-refractivity contribution in [1.82, 2.24) is 15.0 Å². The Morgan fingerprint density at radius 3 is 2.41 bits per heavy atom. The lowest BCUT2D eigenvalue weighted by molar-refractivity contribution is -0.128. The first-order valence-electron chi connectivity index (χ1n) is 9.90. The molecule has 8 heteroatoms. The zero-order valence-corrected chi connectivity index (χ0v) is 17.3. The number of hydrogen-bond acceptors (Lipinski definition) is 5. The zero-order valence-electron chi connectivity index (χ0n) is 16.5. The molecule has 1 saturated carbocycles. The van der Waals surface area contributed by atoms with E-state index in [1.807, 2.05) is 0 Å². The van der Waals surface area contributed by atoms with Gasteiger partial charge >= 0.3 is 0 Å². The number of amides is 1. The minimum Gasteiger partial charge on any atom is -0.481 e. The molecule has 0 bridgehead atoms. The summed E-state index contributed by atoms with van der Waals surface area (Å²) in [6, 6.07) is 9.78. The zero-order chi connectivity index (χ0) is 20.7. The molecule has 1 atom stereocenters. The first kappa shape index (κ1) is 21.3. The van der Waals surface area contributed by atoms with E-state index in [4.69, 9.17) is 4.74 Å². The minimum absolute atomic E-state index is 0.137. The SMILES string of the molecule is C[C@@H](Oc1ccc(S(=O)(=O)NCc2ccncc2)cc1)C(=O)NC1CCCCC1. The molecule has 3 rings (SSSR count). The standard InChI is InChI=1S/C21H27N3O4S/c1-16(21(25)24-18-5-3-2-4-6-18)28-19-7-9-20(10-8-19)29(26,27)23-15-17-11-13-22-14-12-17/h7-14,16,18,23H,2-6,15H2,1H3,(H,24,25)/t16-/m1/s1. The second-order valence-corrected chi connectivity index (χ2v) is 9.02. The van der Waals surface area contributed by atoms with Crippen molar-refractivity contribution in [2.24, 2.45) is 0 Å². The highest BCUT2D eigenvalue weighted by molar-refractivity contribution is 7.89. The molecule has 29 heavy (non-hydrogen) atoms. The summed E-state index contributed by atoms with van der Waals surface area (Å²) in [5.41, 5.74) is 0.821. The number of aromatic nitrogens is 1. The van der Waals surface area contributed by atoms with E-state index in [1.165, 1.54) is 18.6 Å². The predicted molar refractivity (Wildman–Crippen MR) is 110 cm³/mol. The monoisotopic (exact) mass is 417 g/mol. The van der Waals surface area contributed by atoms with Crippen molar-refractivity contribution in [3.05, 3.63) is 54.4 Å². The molecule has 1 aromatic carbocycles. The van der Waals surface area contributed by atoms with E-state index in [-0.39, 0.29) is 23.4 Å². The van der Waals surface area contributed by atoms with E-state index in [2.05, 4.69) is 15.0 Å². The van der Waals surface area contributed by atoms with E-state index < -0.39 is 16.1 Å². The Bertz CT molecular complexity index is 895. The van der Waals surface area contributed by atoms with Gasteiger partial charge in [-0.3, -0.25) is 9.78 Å². The third kappa shape index (κ3) is 6.27. The third-order valence-corrected chi connectivity index (χ3v) is 6.40. The average molecular weight is 418 g/mol. The summed E-state index contributed by atoms with van der Waals surface area (Å²) in [4.78, 5) is 16.4. The molecule has 0 unspecified atom stereocenters. The lowest BCUT2D eigenvalue weighted by Gasteiger charge is -2.24. The van der Waals surface area contributed by atoms with Crippen LogP contribution in [-0.2, 0) is 21.4 Å². The van der Waals surface area contributed by atoms with Gasteiger partial charge in [-0.2, -0.15) is 0 Å². The van der Waals surface area contributed by atoms with Gasteiger partial charge in [0.25, 0.3) is 5.91 Å². The number of nitrogens with zero attached hydrogens (tertiary/aromatic N) is 1. The molecular weight excluding hydrogens is 390 g/mol. The molecule has 1 aromatic heterocycles. The number of ether oxygens (including phenoxy) is 1. The average Bonchev–Trinajstić information content (AvgIpc) is 2.74. The number of benzene rings is 1. The number of sulfonamides is 1. The van der Waals surface area contributed by atoms with Gasteiger partial charge in [-0.05, 0) is 61.7 Å². The number of carbonyl (C=O) groups is 1. The van der Waals surface area contributed by atoms with Crippen LogP contribution in [0.4, 0.5) is 0 Å². The Morgan fingerprint density at radius 2 is 1.76 bits per heavy atom. The molecule has 1 heterocycles. The van der Waals surface area contributed by atoms with Crippen LogP contribution < -0.4 is 14.8 Å². The first-order valence-corrected chi connectivity index (χ1v) is 11.4. The first-order chi connectivity index (χ1) is 13.9. The Kier molecular flexibility index (Phi) is 7.22. The van der Waals surface area contributed by atoms with E-state index >= 15 is 0 Å². The lowest BCUT2D eigenvalue weighted by atomic mass is 9.95. The highest BCUT2D eigenvalue weighted by Gasteiger charge is 2.21. The quantitative estimate of drug-likeness (QED) is 0.688. The second kappa shape index (κ2) is 9.84. The van der Waals surface area contributed by atoms with E-state index in [1.54, 1.807) is 43.6 Å². The lowest BCUT2D eigenvalue weighted by Crippen LogP contribution is -2.43. The summed E-state index contributed by atoms with van der Waals surface area (Å²) in [5, 5.41) is 3.03. The van der Waals surface area contributed by atoms with Gasteiger partial charge in [0.15, 0.2) is 6.10 Å². The minimum atomic E-state index is -3.64. The van der Waals surface area contributed by atoms with Crippen molar-refractivity contribution in [1.29, 1.82) is 0 Å². The fourth-order valence-corrected chi connectivity index (χ4v) is 4.30. The maximum Gasteiger partial charge on any atom is 0.260 e. The maximum absolute atomic E-state index is 12.4. The summed E-state index contributed by atoms with van der Waals surface area (Å²) >= 11 is 0. The Morgan fingerprint density at radius 1 is 1.10 bits per heavy atom. The molecule has 0 spiro atoms. The fraction of sp³-hybridized carbons (Fsp3) is 0.429. The molecule has 1 fully saturated rings. The maximum atomic E-state index is 12.4. The summed E-state index contributed by atoms with van der Waals surface area (Å²) in [6.07, 6.45) is 8.11. The van der Waals surface area contributed by atoms with Crippen molar-refractivity contribution < 1.29 is 17.9 Å². The number of rotatable bonds is 8. The van der Waals surface area contributed by atoms with Crippen molar-refractivity contribution in [3.63, 3.8) is 0 Å². The van der Waals surface area contributed by atoms with Crippen LogP contribution in [0.1, 0.15) is 44.6 Å². The van der Waals surface area contributed by atoms with E-state index in [0.717, 1.165) is 31.2 Å². The Hall–Kier alpha value is -2.45. The normalized spacial score (nSPS) is 16.2. The second-order valence-electron chi connectivity index (χ2n) is 7.26. The van der Waals surface area contributed by atoms with Crippen LogP contribution in [0.25, 0.3) is 0 Å². The molecular formula is C21H27N3O4S. The fourth-order valence-electron chi connectivity index (χ4n) is 3.28. The highest BCUT2D eigenvalue weighted by Crippen LogP contribution is 2.19. The topological polar surface area (TPSA) is 97.4 Å². The summed E-state index contributed by atoms with van der Waals surface area (Å²) in [5.74, 6) is 0.303. The molecule has 156 valence electrons. The molecule has 1 aliphatic rings. The summed E-state index contributed by atoms with van der Waals surface area (Å²) in [7, 11) is -3.64. The van der Waals surface area contributed by atoms with Crippen molar-refractivity contribution >= 4 is 15.9 Å². The van der Waals surface area contributed by atoms with Crippen molar-refractivity contribution in [2.45, 2.75) is 62.6 Å². The Labute approximate surface area is 171 Å². The molecule has 1 amide bonds. The molecule has 0 aliphatic heterocycles. The van der Waals surface area contributed by atoms with Gasteiger partial charge in [-0.25, -0.2) is 13.1 Å². The van der Waals surface area contributed by atoms with Crippen LogP contribution >= 0.6 is 0 Å². The molecule has 1 aliphatic carbocycles. The van der Waals surface area contributed by atoms with Gasteiger partial charge < -0.3 is 10.1 Å². The van der Waals surface area contributed by atoms with Crippen LogP contribution in [0.2, 0.25) is 0 Å². The number of nitrogens with one attached hydrogen (secondary N) is 2. The number of pyridine rings is 1. The van der Waals surface area contributed by atoms with Crippen molar-refractivity contribution in [3.8, 4) is 5.75 Å². The van der Waals surface area contributed by atoms with Gasteiger partial charge in [0.05, 0.1) is 4.90 Å².